The standard InChI is InChI=1S/C54H34N2O/c1-3-14-38(15-4-1)55(40-27-25-36-24-23-35-13-7-8-18-42(35)48(36)32-40)41-28-30-47-52(33-41)57-53-34-49(43-19-9-10-21-46(43)54(47)53)37-26-29-45-44-20-11-12-22-50(44)56(51(45)31-37)39-16-5-2-6-17-39/h1-34H. The molecular formula is C54H34N2O. The van der Waals surface area contributed by atoms with Crippen LogP contribution in [0.15, 0.2) is 211 Å². The first kappa shape index (κ1) is 31.7. The highest BCUT2D eigenvalue weighted by atomic mass is 16.3. The molecule has 0 amide bonds. The highest BCUT2D eigenvalue weighted by molar-refractivity contribution is 6.23. The maximum Gasteiger partial charge on any atom is 0.137 e. The zero-order valence-electron chi connectivity index (χ0n) is 30.9. The molecule has 57 heavy (non-hydrogen) atoms. The Morgan fingerprint density at radius 1 is 0.351 bits per heavy atom. The average Bonchev–Trinajstić information content (AvgIpc) is 3.82. The summed E-state index contributed by atoms with van der Waals surface area (Å²) >= 11 is 0. The third kappa shape index (κ3) is 4.92. The van der Waals surface area contributed by atoms with E-state index in [0.717, 1.165) is 55.8 Å². The SMILES string of the molecule is c1ccc(N(c2ccc3c(c2)oc2cc(-c4ccc5c6ccccc6n(-c6ccccc6)c5c4)c4ccccc4c23)c2ccc3ccc4ccccc4c3c2)cc1. The van der Waals surface area contributed by atoms with Crippen molar-refractivity contribution in [1.29, 1.82) is 0 Å². The van der Waals surface area contributed by atoms with Crippen molar-refractivity contribution in [2.75, 3.05) is 4.90 Å². The van der Waals surface area contributed by atoms with Crippen LogP contribution in [0.2, 0.25) is 0 Å². The van der Waals surface area contributed by atoms with Gasteiger partial charge in [-0.25, -0.2) is 0 Å². The molecule has 0 aliphatic rings. The molecule has 0 bridgehead atoms. The van der Waals surface area contributed by atoms with Crippen LogP contribution in [0.4, 0.5) is 17.1 Å². The number of aromatic nitrogens is 1. The van der Waals surface area contributed by atoms with E-state index in [1.54, 1.807) is 0 Å². The van der Waals surface area contributed by atoms with Crippen LogP contribution in [0.1, 0.15) is 0 Å². The van der Waals surface area contributed by atoms with Gasteiger partial charge in [-0.3, -0.25) is 0 Å². The smallest absolute Gasteiger partial charge is 0.137 e. The minimum absolute atomic E-state index is 0.858. The Bertz CT molecular complexity index is 3520. The number of nitrogens with zero attached hydrogens (tertiary/aromatic N) is 2. The monoisotopic (exact) mass is 726 g/mol. The van der Waals surface area contributed by atoms with E-state index in [9.17, 15) is 0 Å². The Kier molecular flexibility index (Phi) is 6.93. The van der Waals surface area contributed by atoms with Gasteiger partial charge >= 0.3 is 0 Å². The van der Waals surface area contributed by atoms with Crippen LogP contribution in [0.3, 0.4) is 0 Å². The van der Waals surface area contributed by atoms with E-state index in [4.69, 9.17) is 4.42 Å². The van der Waals surface area contributed by atoms with Crippen molar-refractivity contribution in [2.24, 2.45) is 0 Å². The predicted octanol–water partition coefficient (Wildman–Crippen LogP) is 15.3. The minimum Gasteiger partial charge on any atom is -0.456 e. The number of rotatable bonds is 5. The summed E-state index contributed by atoms with van der Waals surface area (Å²) < 4.78 is 9.29. The number of anilines is 3. The van der Waals surface area contributed by atoms with E-state index in [0.29, 0.717) is 0 Å². The first-order valence-corrected chi connectivity index (χ1v) is 19.5. The molecule has 0 unspecified atom stereocenters. The van der Waals surface area contributed by atoms with Crippen LogP contribution in [-0.4, -0.2) is 4.57 Å². The summed E-state index contributed by atoms with van der Waals surface area (Å²) in [4.78, 5) is 2.33. The van der Waals surface area contributed by atoms with Crippen molar-refractivity contribution in [3.8, 4) is 16.8 Å². The Labute approximate surface area is 328 Å². The lowest BCUT2D eigenvalue weighted by molar-refractivity contribution is 0.669. The first-order chi connectivity index (χ1) is 28.3. The summed E-state index contributed by atoms with van der Waals surface area (Å²) in [7, 11) is 0. The van der Waals surface area contributed by atoms with Crippen molar-refractivity contribution in [2.45, 2.75) is 0 Å². The molecule has 0 radical (unpaired) electrons. The molecule has 0 aliphatic heterocycles. The lowest BCUT2D eigenvalue weighted by atomic mass is 9.94. The molecule has 12 aromatic rings. The van der Waals surface area contributed by atoms with Gasteiger partial charge in [0.15, 0.2) is 0 Å². The lowest BCUT2D eigenvalue weighted by Crippen LogP contribution is -2.09. The molecule has 0 N–H and O–H groups in total. The third-order valence-corrected chi connectivity index (χ3v) is 11.7. The van der Waals surface area contributed by atoms with Gasteiger partial charge in [-0.05, 0) is 110 Å². The second-order valence-electron chi connectivity index (χ2n) is 14.9. The highest BCUT2D eigenvalue weighted by Crippen LogP contribution is 2.44. The molecule has 0 aliphatic carbocycles. The number of hydrogen-bond acceptors (Lipinski definition) is 2. The van der Waals surface area contributed by atoms with Crippen LogP contribution in [-0.2, 0) is 0 Å². The Morgan fingerprint density at radius 2 is 0.965 bits per heavy atom. The van der Waals surface area contributed by atoms with Crippen LogP contribution in [0.25, 0.3) is 92.9 Å². The van der Waals surface area contributed by atoms with Gasteiger partial charge in [-0.1, -0.05) is 133 Å². The number of furan rings is 1. The normalized spacial score (nSPS) is 11.9. The van der Waals surface area contributed by atoms with Gasteiger partial charge in [0.2, 0.25) is 0 Å². The number of para-hydroxylation sites is 3. The molecule has 0 saturated carbocycles. The van der Waals surface area contributed by atoms with Gasteiger partial charge in [-0.15, -0.1) is 0 Å². The summed E-state index contributed by atoms with van der Waals surface area (Å²) in [5.41, 5.74) is 10.8. The van der Waals surface area contributed by atoms with Crippen LogP contribution < -0.4 is 4.90 Å². The van der Waals surface area contributed by atoms with Crippen molar-refractivity contribution in [3.63, 3.8) is 0 Å². The average molecular weight is 727 g/mol. The lowest BCUT2D eigenvalue weighted by Gasteiger charge is -2.26. The van der Waals surface area contributed by atoms with Gasteiger partial charge in [0.25, 0.3) is 0 Å². The zero-order valence-corrected chi connectivity index (χ0v) is 30.9. The number of benzene rings is 10. The summed E-state index contributed by atoms with van der Waals surface area (Å²) in [6.07, 6.45) is 0. The summed E-state index contributed by atoms with van der Waals surface area (Å²) in [6.45, 7) is 0. The van der Waals surface area contributed by atoms with E-state index in [1.807, 2.05) is 0 Å². The maximum absolute atomic E-state index is 6.91. The molecule has 0 atom stereocenters. The van der Waals surface area contributed by atoms with Crippen LogP contribution >= 0.6 is 0 Å². The van der Waals surface area contributed by atoms with Crippen LogP contribution in [0.5, 0.6) is 0 Å². The molecule has 10 aromatic carbocycles. The van der Waals surface area contributed by atoms with Crippen molar-refractivity contribution in [1.82, 2.24) is 4.57 Å². The van der Waals surface area contributed by atoms with E-state index < -0.39 is 0 Å². The molecule has 0 saturated heterocycles. The molecule has 0 spiro atoms. The summed E-state index contributed by atoms with van der Waals surface area (Å²) in [5.74, 6) is 0. The Balaban J connectivity index is 1.05. The second kappa shape index (κ2) is 12.5. The molecule has 2 aromatic heterocycles. The quantitative estimate of drug-likeness (QED) is 0.165. The fourth-order valence-electron chi connectivity index (χ4n) is 9.15. The molecule has 12 rings (SSSR count). The zero-order chi connectivity index (χ0) is 37.5. The second-order valence-corrected chi connectivity index (χ2v) is 14.9. The van der Waals surface area contributed by atoms with E-state index >= 15 is 0 Å². The van der Waals surface area contributed by atoms with Gasteiger partial charge in [0, 0.05) is 50.4 Å². The van der Waals surface area contributed by atoms with Crippen molar-refractivity contribution >= 4 is 93.1 Å². The highest BCUT2D eigenvalue weighted by Gasteiger charge is 2.20. The summed E-state index contributed by atoms with van der Waals surface area (Å²) in [5, 5.41) is 12.1. The van der Waals surface area contributed by atoms with Gasteiger partial charge in [-0.2, -0.15) is 0 Å². The largest absolute Gasteiger partial charge is 0.456 e. The van der Waals surface area contributed by atoms with E-state index in [1.165, 1.54) is 54.1 Å². The molecule has 2 heterocycles. The van der Waals surface area contributed by atoms with Gasteiger partial charge in [0.1, 0.15) is 11.2 Å². The maximum atomic E-state index is 6.91. The predicted molar refractivity (Wildman–Crippen MR) is 241 cm³/mol. The number of hydrogen-bond donors (Lipinski definition) is 0. The molecule has 3 nitrogen and oxygen atoms in total. The van der Waals surface area contributed by atoms with Crippen molar-refractivity contribution < 1.29 is 4.42 Å². The molecule has 3 heteroatoms. The Morgan fingerprint density at radius 3 is 1.81 bits per heavy atom. The minimum atomic E-state index is 0.858. The molecule has 0 fully saturated rings. The van der Waals surface area contributed by atoms with Crippen molar-refractivity contribution in [3.05, 3.63) is 206 Å². The fourth-order valence-corrected chi connectivity index (χ4v) is 9.15. The van der Waals surface area contributed by atoms with Gasteiger partial charge < -0.3 is 13.9 Å². The van der Waals surface area contributed by atoms with E-state index in [2.05, 4.69) is 216 Å². The van der Waals surface area contributed by atoms with Gasteiger partial charge in [0.05, 0.1) is 11.0 Å². The molecular weight excluding hydrogens is 693 g/mol. The first-order valence-electron chi connectivity index (χ1n) is 19.5. The van der Waals surface area contributed by atoms with Crippen LogP contribution in [0, 0.1) is 0 Å². The Hall–Kier alpha value is -7.62. The molecule has 266 valence electrons. The third-order valence-electron chi connectivity index (χ3n) is 11.7. The topological polar surface area (TPSA) is 21.3 Å². The van der Waals surface area contributed by atoms with E-state index in [-0.39, 0.29) is 0 Å². The number of fused-ring (bicyclic) bond motifs is 11. The summed E-state index contributed by atoms with van der Waals surface area (Å²) in [6, 6.07) is 74.4. The fraction of sp³-hybridized carbons (Fsp3) is 0.